The highest BCUT2D eigenvalue weighted by Crippen LogP contribution is 2.31. The van der Waals surface area contributed by atoms with Crippen LogP contribution in [0.4, 0.5) is 5.69 Å². The molecule has 0 fully saturated rings. The second-order valence-corrected chi connectivity index (χ2v) is 5.39. The van der Waals surface area contributed by atoms with Crippen LogP contribution < -0.4 is 10.1 Å². The van der Waals surface area contributed by atoms with Gasteiger partial charge < -0.3 is 10.1 Å². The highest BCUT2D eigenvalue weighted by molar-refractivity contribution is 5.92. The Morgan fingerprint density at radius 3 is 2.79 bits per heavy atom. The maximum atomic E-state index is 12.2. The molecular formula is C18H16N2O4. The molecule has 1 N–H and O–H groups in total. The molecule has 24 heavy (non-hydrogen) atoms. The monoisotopic (exact) mass is 324 g/mol. The van der Waals surface area contributed by atoms with Crippen LogP contribution in [0.3, 0.4) is 0 Å². The van der Waals surface area contributed by atoms with Crippen LogP contribution in [-0.4, -0.2) is 17.4 Å². The van der Waals surface area contributed by atoms with Gasteiger partial charge in [-0.25, -0.2) is 0 Å². The Morgan fingerprint density at radius 2 is 1.96 bits per heavy atom. The second kappa shape index (κ2) is 6.95. The van der Waals surface area contributed by atoms with Gasteiger partial charge >= 0.3 is 0 Å². The lowest BCUT2D eigenvalue weighted by atomic mass is 10.0. The first-order valence-corrected chi connectivity index (χ1v) is 7.59. The Hall–Kier alpha value is -3.15. The van der Waals surface area contributed by atoms with Crippen molar-refractivity contribution in [3.05, 3.63) is 75.8 Å². The molecule has 3 rings (SSSR count). The first-order chi connectivity index (χ1) is 11.6. The highest BCUT2D eigenvalue weighted by Gasteiger charge is 2.21. The Kier molecular flexibility index (Phi) is 4.56. The number of rotatable bonds is 4. The third-order valence-corrected chi connectivity index (χ3v) is 3.82. The van der Waals surface area contributed by atoms with Crippen LogP contribution in [0.2, 0.25) is 0 Å². The van der Waals surface area contributed by atoms with E-state index in [-0.39, 0.29) is 17.6 Å². The third kappa shape index (κ3) is 3.43. The molecule has 122 valence electrons. The van der Waals surface area contributed by atoms with Crippen LogP contribution in [0.1, 0.15) is 23.6 Å². The van der Waals surface area contributed by atoms with E-state index in [1.54, 1.807) is 18.2 Å². The van der Waals surface area contributed by atoms with E-state index in [1.807, 2.05) is 24.3 Å². The van der Waals surface area contributed by atoms with E-state index in [0.717, 1.165) is 11.3 Å². The predicted molar refractivity (Wildman–Crippen MR) is 89.6 cm³/mol. The fraction of sp³-hybridized carbons (Fsp3) is 0.167. The standard InChI is InChI=1S/C18H16N2O4/c21-18(10-9-13-5-1-3-7-16(13)20(22)23)19-15-11-12-24-17-8-4-2-6-14(15)17/h1-10,15H,11-12H2,(H,19,21)/b10-9+/t15-/m1/s1. The maximum absolute atomic E-state index is 12.2. The highest BCUT2D eigenvalue weighted by atomic mass is 16.6. The van der Waals surface area contributed by atoms with Gasteiger partial charge in [0.15, 0.2) is 0 Å². The molecule has 0 unspecified atom stereocenters. The molecule has 1 atom stereocenters. The topological polar surface area (TPSA) is 81.5 Å². The van der Waals surface area contributed by atoms with E-state index in [4.69, 9.17) is 4.74 Å². The van der Waals surface area contributed by atoms with Crippen molar-refractivity contribution >= 4 is 17.7 Å². The smallest absolute Gasteiger partial charge is 0.276 e. The maximum Gasteiger partial charge on any atom is 0.276 e. The summed E-state index contributed by atoms with van der Waals surface area (Å²) in [6.07, 6.45) is 3.46. The summed E-state index contributed by atoms with van der Waals surface area (Å²) in [5.41, 5.74) is 1.30. The molecule has 0 aliphatic carbocycles. The molecule has 1 heterocycles. The molecule has 2 aromatic rings. The van der Waals surface area contributed by atoms with Crippen molar-refractivity contribution in [2.45, 2.75) is 12.5 Å². The first kappa shape index (κ1) is 15.7. The lowest BCUT2D eigenvalue weighted by Crippen LogP contribution is -2.30. The number of nitro groups is 1. The van der Waals surface area contributed by atoms with E-state index in [1.165, 1.54) is 18.2 Å². The summed E-state index contributed by atoms with van der Waals surface area (Å²) < 4.78 is 5.56. The number of nitro benzene ring substituents is 1. The van der Waals surface area contributed by atoms with Crippen LogP contribution >= 0.6 is 0 Å². The Labute approximate surface area is 138 Å². The summed E-state index contributed by atoms with van der Waals surface area (Å²) in [6, 6.07) is 13.7. The quantitative estimate of drug-likeness (QED) is 0.532. The Balaban J connectivity index is 1.72. The van der Waals surface area contributed by atoms with Crippen LogP contribution in [0.25, 0.3) is 6.08 Å². The fourth-order valence-electron chi connectivity index (χ4n) is 2.67. The zero-order valence-electron chi connectivity index (χ0n) is 12.8. The number of nitrogens with zero attached hydrogens (tertiary/aromatic N) is 1. The summed E-state index contributed by atoms with van der Waals surface area (Å²) in [5, 5.41) is 13.9. The number of hydrogen-bond acceptors (Lipinski definition) is 4. The van der Waals surface area contributed by atoms with Crippen LogP contribution in [0.15, 0.2) is 54.6 Å². The first-order valence-electron chi connectivity index (χ1n) is 7.59. The Morgan fingerprint density at radius 1 is 1.21 bits per heavy atom. The van der Waals surface area contributed by atoms with Gasteiger partial charge in [0.2, 0.25) is 5.91 Å². The SMILES string of the molecule is O=C(/C=C/c1ccccc1[N+](=O)[O-])N[C@@H]1CCOc2ccccc21. The van der Waals surface area contributed by atoms with Crippen LogP contribution in [0.5, 0.6) is 5.75 Å². The molecule has 0 radical (unpaired) electrons. The van der Waals surface area contributed by atoms with Crippen LogP contribution in [0, 0.1) is 10.1 Å². The van der Waals surface area contributed by atoms with Gasteiger partial charge in [-0.05, 0) is 18.2 Å². The molecule has 1 aliphatic rings. The Bertz CT molecular complexity index is 801. The summed E-state index contributed by atoms with van der Waals surface area (Å²) >= 11 is 0. The number of para-hydroxylation sites is 2. The molecule has 6 heteroatoms. The number of amides is 1. The van der Waals surface area contributed by atoms with Crippen LogP contribution in [-0.2, 0) is 4.79 Å². The van der Waals surface area contributed by atoms with Gasteiger partial charge in [0, 0.05) is 24.1 Å². The summed E-state index contributed by atoms with van der Waals surface area (Å²) in [4.78, 5) is 22.7. The number of fused-ring (bicyclic) bond motifs is 1. The molecule has 0 saturated carbocycles. The number of ether oxygens (including phenoxy) is 1. The summed E-state index contributed by atoms with van der Waals surface area (Å²) in [5.74, 6) is 0.478. The molecule has 1 amide bonds. The average Bonchev–Trinajstić information content (AvgIpc) is 2.60. The van der Waals surface area contributed by atoms with Crippen molar-refractivity contribution in [2.75, 3.05) is 6.61 Å². The lowest BCUT2D eigenvalue weighted by molar-refractivity contribution is -0.385. The second-order valence-electron chi connectivity index (χ2n) is 5.39. The van der Waals surface area contributed by atoms with Gasteiger partial charge in [-0.15, -0.1) is 0 Å². The lowest BCUT2D eigenvalue weighted by Gasteiger charge is -2.26. The third-order valence-electron chi connectivity index (χ3n) is 3.82. The molecular weight excluding hydrogens is 308 g/mol. The van der Waals surface area contributed by atoms with E-state index < -0.39 is 4.92 Å². The zero-order valence-corrected chi connectivity index (χ0v) is 12.8. The molecule has 0 spiro atoms. The molecule has 2 aromatic carbocycles. The van der Waals surface area contributed by atoms with Gasteiger partial charge in [-0.2, -0.15) is 0 Å². The molecule has 0 saturated heterocycles. The minimum Gasteiger partial charge on any atom is -0.493 e. The molecule has 6 nitrogen and oxygen atoms in total. The number of carbonyl (C=O) groups excluding carboxylic acids is 1. The van der Waals surface area contributed by atoms with Gasteiger partial charge in [-0.3, -0.25) is 14.9 Å². The predicted octanol–water partition coefficient (Wildman–Crippen LogP) is 3.25. The average molecular weight is 324 g/mol. The van der Waals surface area contributed by atoms with Crippen molar-refractivity contribution in [1.29, 1.82) is 0 Å². The number of carbonyl (C=O) groups is 1. The van der Waals surface area contributed by atoms with Crippen molar-refractivity contribution in [2.24, 2.45) is 0 Å². The summed E-state index contributed by atoms with van der Waals surface area (Å²) in [7, 11) is 0. The van der Waals surface area contributed by atoms with Crippen molar-refractivity contribution in [3.8, 4) is 5.75 Å². The fourth-order valence-corrected chi connectivity index (χ4v) is 2.67. The zero-order chi connectivity index (χ0) is 16.9. The number of hydrogen-bond donors (Lipinski definition) is 1. The minimum atomic E-state index is -0.466. The van der Waals surface area contributed by atoms with Gasteiger partial charge in [-0.1, -0.05) is 30.3 Å². The largest absolute Gasteiger partial charge is 0.493 e. The number of benzene rings is 2. The molecule has 1 aliphatic heterocycles. The molecule has 0 bridgehead atoms. The van der Waals surface area contributed by atoms with Crippen molar-refractivity contribution in [3.63, 3.8) is 0 Å². The minimum absolute atomic E-state index is 0.0297. The van der Waals surface area contributed by atoms with E-state index in [0.29, 0.717) is 18.6 Å². The van der Waals surface area contributed by atoms with Crippen molar-refractivity contribution in [1.82, 2.24) is 5.32 Å². The normalized spacial score (nSPS) is 16.2. The van der Waals surface area contributed by atoms with E-state index in [2.05, 4.69) is 5.32 Å². The van der Waals surface area contributed by atoms with Gasteiger partial charge in [0.1, 0.15) is 5.75 Å². The summed E-state index contributed by atoms with van der Waals surface area (Å²) in [6.45, 7) is 0.538. The van der Waals surface area contributed by atoms with Gasteiger partial charge in [0.25, 0.3) is 5.69 Å². The van der Waals surface area contributed by atoms with E-state index in [9.17, 15) is 14.9 Å². The number of nitrogens with one attached hydrogen (secondary N) is 1. The van der Waals surface area contributed by atoms with E-state index >= 15 is 0 Å². The molecule has 0 aromatic heterocycles. The van der Waals surface area contributed by atoms with Gasteiger partial charge in [0.05, 0.1) is 23.1 Å². The van der Waals surface area contributed by atoms with Crippen molar-refractivity contribution < 1.29 is 14.5 Å².